The van der Waals surface area contributed by atoms with Gasteiger partial charge in [0.15, 0.2) is 0 Å². The third-order valence-corrected chi connectivity index (χ3v) is 5.32. The van der Waals surface area contributed by atoms with Crippen LogP contribution in [0.4, 0.5) is 5.69 Å². The monoisotopic (exact) mass is 328 g/mol. The fourth-order valence-corrected chi connectivity index (χ4v) is 3.84. The van der Waals surface area contributed by atoms with Crippen molar-refractivity contribution in [2.75, 3.05) is 24.5 Å². The maximum atomic E-state index is 13.2. The summed E-state index contributed by atoms with van der Waals surface area (Å²) in [6.07, 6.45) is 6.40. The lowest BCUT2D eigenvalue weighted by molar-refractivity contribution is -0.147. The summed E-state index contributed by atoms with van der Waals surface area (Å²) >= 11 is 0. The zero-order chi connectivity index (χ0) is 17.2. The second kappa shape index (κ2) is 6.96. The SMILES string of the molecule is CC(C)(C(=O)N1CCCCCC1)C(=O)N1CCCc2ccccc21. The molecule has 130 valence electrons. The first-order chi connectivity index (χ1) is 11.5. The number of benzene rings is 1. The second-order valence-corrected chi connectivity index (χ2v) is 7.52. The average Bonchev–Trinajstić information content (AvgIpc) is 2.89. The van der Waals surface area contributed by atoms with Crippen LogP contribution in [-0.4, -0.2) is 36.3 Å². The summed E-state index contributed by atoms with van der Waals surface area (Å²) in [5, 5.41) is 0. The van der Waals surface area contributed by atoms with Crippen molar-refractivity contribution < 1.29 is 9.59 Å². The number of fused-ring (bicyclic) bond motifs is 1. The highest BCUT2D eigenvalue weighted by Gasteiger charge is 2.42. The van der Waals surface area contributed by atoms with Crippen molar-refractivity contribution in [2.24, 2.45) is 5.41 Å². The molecule has 1 aromatic carbocycles. The quantitative estimate of drug-likeness (QED) is 0.781. The van der Waals surface area contributed by atoms with E-state index in [1.54, 1.807) is 13.8 Å². The standard InChI is InChI=1S/C20H28N2O2/c1-20(2,18(23)21-13-7-3-4-8-14-21)19(24)22-15-9-11-16-10-5-6-12-17(16)22/h5-6,10,12H,3-4,7-9,11,13-15H2,1-2H3. The van der Waals surface area contributed by atoms with Crippen LogP contribution in [0.3, 0.4) is 0 Å². The number of hydrogen-bond acceptors (Lipinski definition) is 2. The van der Waals surface area contributed by atoms with Crippen molar-refractivity contribution in [2.45, 2.75) is 52.4 Å². The molecule has 3 rings (SSSR count). The topological polar surface area (TPSA) is 40.6 Å². The van der Waals surface area contributed by atoms with Gasteiger partial charge in [0, 0.05) is 25.3 Å². The first-order valence-electron chi connectivity index (χ1n) is 9.21. The Morgan fingerprint density at radius 2 is 1.54 bits per heavy atom. The van der Waals surface area contributed by atoms with Gasteiger partial charge >= 0.3 is 0 Å². The number of likely N-dealkylation sites (tertiary alicyclic amines) is 1. The predicted molar refractivity (Wildman–Crippen MR) is 95.9 cm³/mol. The summed E-state index contributed by atoms with van der Waals surface area (Å²) in [7, 11) is 0. The summed E-state index contributed by atoms with van der Waals surface area (Å²) in [6, 6.07) is 8.06. The van der Waals surface area contributed by atoms with Crippen LogP contribution in [0.1, 0.15) is 51.5 Å². The lowest BCUT2D eigenvalue weighted by Crippen LogP contribution is -2.52. The van der Waals surface area contributed by atoms with Crippen LogP contribution in [0.25, 0.3) is 0 Å². The van der Waals surface area contributed by atoms with Gasteiger partial charge in [0.2, 0.25) is 11.8 Å². The number of carbonyl (C=O) groups excluding carboxylic acids is 2. The Morgan fingerprint density at radius 1 is 0.875 bits per heavy atom. The zero-order valence-electron chi connectivity index (χ0n) is 14.9. The van der Waals surface area contributed by atoms with Gasteiger partial charge in [0.1, 0.15) is 5.41 Å². The molecule has 0 aliphatic carbocycles. The zero-order valence-corrected chi connectivity index (χ0v) is 14.9. The molecule has 0 unspecified atom stereocenters. The molecule has 1 aromatic rings. The molecule has 0 atom stereocenters. The number of anilines is 1. The minimum Gasteiger partial charge on any atom is -0.342 e. The van der Waals surface area contributed by atoms with E-state index in [0.717, 1.165) is 44.5 Å². The van der Waals surface area contributed by atoms with Crippen molar-refractivity contribution in [1.29, 1.82) is 0 Å². The summed E-state index contributed by atoms with van der Waals surface area (Å²) in [4.78, 5) is 30.0. The van der Waals surface area contributed by atoms with Gasteiger partial charge in [0.25, 0.3) is 0 Å². The summed E-state index contributed by atoms with van der Waals surface area (Å²) < 4.78 is 0. The normalized spacial score (nSPS) is 18.8. The number of aryl methyl sites for hydroxylation is 1. The number of rotatable bonds is 2. The second-order valence-electron chi connectivity index (χ2n) is 7.52. The van der Waals surface area contributed by atoms with Crippen LogP contribution < -0.4 is 4.90 Å². The fourth-order valence-electron chi connectivity index (χ4n) is 3.84. The summed E-state index contributed by atoms with van der Waals surface area (Å²) in [5.74, 6) is -0.0821. The molecule has 1 saturated heterocycles. The predicted octanol–water partition coefficient (Wildman–Crippen LogP) is 3.39. The molecule has 2 amide bonds. The smallest absolute Gasteiger partial charge is 0.242 e. The van der Waals surface area contributed by atoms with Gasteiger partial charge in [0.05, 0.1) is 0 Å². The van der Waals surface area contributed by atoms with E-state index in [9.17, 15) is 9.59 Å². The molecule has 1 fully saturated rings. The summed E-state index contributed by atoms with van der Waals surface area (Å²) in [5.41, 5.74) is 1.18. The molecule has 0 spiro atoms. The average molecular weight is 328 g/mol. The molecule has 4 heteroatoms. The van der Waals surface area contributed by atoms with Crippen LogP contribution in [0.5, 0.6) is 0 Å². The van der Waals surface area contributed by atoms with Crippen LogP contribution in [0.2, 0.25) is 0 Å². The highest BCUT2D eigenvalue weighted by molar-refractivity contribution is 6.11. The van der Waals surface area contributed by atoms with Gasteiger partial charge in [-0.2, -0.15) is 0 Å². The Labute approximate surface area is 144 Å². The number of hydrogen-bond donors (Lipinski definition) is 0. The van der Waals surface area contributed by atoms with E-state index < -0.39 is 5.41 Å². The molecule has 0 radical (unpaired) electrons. The first kappa shape index (κ1) is 17.0. The van der Waals surface area contributed by atoms with E-state index >= 15 is 0 Å². The van der Waals surface area contributed by atoms with Gasteiger partial charge in [-0.05, 0) is 51.2 Å². The molecule has 24 heavy (non-hydrogen) atoms. The van der Waals surface area contributed by atoms with Gasteiger partial charge in [-0.1, -0.05) is 31.0 Å². The number of carbonyl (C=O) groups is 2. The van der Waals surface area contributed by atoms with Gasteiger partial charge < -0.3 is 9.80 Å². The Morgan fingerprint density at radius 3 is 2.25 bits per heavy atom. The van der Waals surface area contributed by atoms with Crippen LogP contribution in [0.15, 0.2) is 24.3 Å². The molecular formula is C20H28N2O2. The van der Waals surface area contributed by atoms with E-state index in [4.69, 9.17) is 0 Å². The number of nitrogens with zero attached hydrogens (tertiary/aromatic N) is 2. The molecule has 2 heterocycles. The minimum atomic E-state index is -1.01. The first-order valence-corrected chi connectivity index (χ1v) is 9.21. The Kier molecular flexibility index (Phi) is 4.93. The molecule has 0 N–H and O–H groups in total. The highest BCUT2D eigenvalue weighted by Crippen LogP contribution is 2.32. The molecule has 0 bridgehead atoms. The van der Waals surface area contributed by atoms with E-state index in [1.807, 2.05) is 28.0 Å². The van der Waals surface area contributed by atoms with Gasteiger partial charge in [-0.3, -0.25) is 9.59 Å². The highest BCUT2D eigenvalue weighted by atomic mass is 16.2. The third kappa shape index (κ3) is 3.19. The lowest BCUT2D eigenvalue weighted by atomic mass is 9.87. The number of amides is 2. The van der Waals surface area contributed by atoms with Crippen molar-refractivity contribution in [1.82, 2.24) is 4.90 Å². The van der Waals surface area contributed by atoms with E-state index in [1.165, 1.54) is 18.4 Å². The lowest BCUT2D eigenvalue weighted by Gasteiger charge is -2.37. The maximum Gasteiger partial charge on any atom is 0.242 e. The van der Waals surface area contributed by atoms with Crippen molar-refractivity contribution in [3.05, 3.63) is 29.8 Å². The third-order valence-electron chi connectivity index (χ3n) is 5.32. The Hall–Kier alpha value is -1.84. The van der Waals surface area contributed by atoms with Crippen LogP contribution >= 0.6 is 0 Å². The van der Waals surface area contributed by atoms with E-state index in [0.29, 0.717) is 6.54 Å². The fraction of sp³-hybridized carbons (Fsp3) is 0.600. The van der Waals surface area contributed by atoms with Crippen molar-refractivity contribution in [3.8, 4) is 0 Å². The molecule has 2 aliphatic heterocycles. The van der Waals surface area contributed by atoms with Crippen LogP contribution in [0, 0.1) is 5.41 Å². The summed E-state index contributed by atoms with van der Waals surface area (Å²) in [6.45, 7) is 5.85. The molecule has 0 aromatic heterocycles. The van der Waals surface area contributed by atoms with Crippen molar-refractivity contribution >= 4 is 17.5 Å². The Bertz CT molecular complexity index is 616. The maximum absolute atomic E-state index is 13.2. The van der Waals surface area contributed by atoms with Crippen molar-refractivity contribution in [3.63, 3.8) is 0 Å². The minimum absolute atomic E-state index is 0.0162. The molecule has 0 saturated carbocycles. The Balaban J connectivity index is 1.81. The van der Waals surface area contributed by atoms with Gasteiger partial charge in [-0.25, -0.2) is 0 Å². The molecular weight excluding hydrogens is 300 g/mol. The molecule has 2 aliphatic rings. The van der Waals surface area contributed by atoms with E-state index in [2.05, 4.69) is 6.07 Å². The van der Waals surface area contributed by atoms with Crippen LogP contribution in [-0.2, 0) is 16.0 Å². The van der Waals surface area contributed by atoms with Gasteiger partial charge in [-0.15, -0.1) is 0 Å². The number of para-hydroxylation sites is 1. The largest absolute Gasteiger partial charge is 0.342 e. The van der Waals surface area contributed by atoms with E-state index in [-0.39, 0.29) is 11.8 Å². The molecule has 4 nitrogen and oxygen atoms in total.